The normalized spacial score (nSPS) is 16.2. The molecule has 1 aliphatic heterocycles. The molecule has 0 aromatic heterocycles. The predicted octanol–water partition coefficient (Wildman–Crippen LogP) is 3.63. The quantitative estimate of drug-likeness (QED) is 0.891. The van der Waals surface area contributed by atoms with Crippen LogP contribution in [0.1, 0.15) is 6.42 Å². The smallest absolute Gasteiger partial charge is 0.276 e. The molecule has 100 valence electrons. The van der Waals surface area contributed by atoms with Gasteiger partial charge in [-0.15, -0.1) is 5.10 Å². The summed E-state index contributed by atoms with van der Waals surface area (Å²) >= 11 is 11.8. The zero-order chi connectivity index (χ0) is 14.1. The maximum atomic E-state index is 12.2. The maximum absolute atomic E-state index is 12.2. The molecule has 1 amide bonds. The Labute approximate surface area is 125 Å². The Morgan fingerprint density at radius 1 is 1.25 bits per heavy atom. The van der Waals surface area contributed by atoms with Gasteiger partial charge in [0, 0.05) is 17.0 Å². The number of carbonyl (C=O) groups excluding carboxylic acids is 1. The third-order valence-electron chi connectivity index (χ3n) is 2.94. The highest BCUT2D eigenvalue weighted by molar-refractivity contribution is 6.56. The Morgan fingerprint density at radius 2 is 2.10 bits per heavy atom. The number of nitrogens with one attached hydrogen (secondary N) is 1. The van der Waals surface area contributed by atoms with Crippen LogP contribution in [0.3, 0.4) is 0 Å². The zero-order valence-corrected chi connectivity index (χ0v) is 11.7. The molecule has 0 bridgehead atoms. The van der Waals surface area contributed by atoms with E-state index >= 15 is 0 Å². The summed E-state index contributed by atoms with van der Waals surface area (Å²) in [6.45, 7) is 0. The van der Waals surface area contributed by atoms with Crippen molar-refractivity contribution in [2.45, 2.75) is 6.42 Å². The molecule has 1 heterocycles. The van der Waals surface area contributed by atoms with E-state index < -0.39 is 0 Å². The third kappa shape index (κ3) is 2.40. The maximum Gasteiger partial charge on any atom is 0.276 e. The van der Waals surface area contributed by atoms with Gasteiger partial charge < -0.3 is 5.32 Å². The number of hydrogen-bond acceptors (Lipinski definition) is 3. The van der Waals surface area contributed by atoms with Crippen LogP contribution in [0, 0.1) is 0 Å². The average molecular weight is 306 g/mol. The Balaban J connectivity index is 1.81. The van der Waals surface area contributed by atoms with E-state index in [1.807, 2.05) is 18.2 Å². The summed E-state index contributed by atoms with van der Waals surface area (Å²) < 4.78 is 0. The van der Waals surface area contributed by atoms with Gasteiger partial charge in [-0.1, -0.05) is 41.4 Å². The first-order valence-electron chi connectivity index (χ1n) is 5.93. The van der Waals surface area contributed by atoms with Crippen molar-refractivity contribution in [2.75, 3.05) is 5.32 Å². The summed E-state index contributed by atoms with van der Waals surface area (Å²) in [5.41, 5.74) is 2.36. The number of amides is 1. The monoisotopic (exact) mass is 305 g/mol. The van der Waals surface area contributed by atoms with Crippen LogP contribution < -0.4 is 5.32 Å². The first-order valence-corrected chi connectivity index (χ1v) is 6.69. The van der Waals surface area contributed by atoms with E-state index in [2.05, 4.69) is 15.5 Å². The van der Waals surface area contributed by atoms with Crippen molar-refractivity contribution in [3.05, 3.63) is 52.0 Å². The summed E-state index contributed by atoms with van der Waals surface area (Å²) in [5, 5.41) is 11.5. The fourth-order valence-corrected chi connectivity index (χ4v) is 2.42. The van der Waals surface area contributed by atoms with Gasteiger partial charge in [0.05, 0.1) is 16.4 Å². The van der Waals surface area contributed by atoms with Gasteiger partial charge in [0.2, 0.25) is 0 Å². The zero-order valence-electron chi connectivity index (χ0n) is 10.2. The molecule has 0 unspecified atom stereocenters. The van der Waals surface area contributed by atoms with Gasteiger partial charge in [0.15, 0.2) is 5.71 Å². The van der Waals surface area contributed by atoms with Gasteiger partial charge in [-0.25, -0.2) is 0 Å². The molecule has 6 heteroatoms. The summed E-state index contributed by atoms with van der Waals surface area (Å²) in [7, 11) is 0. The molecule has 4 nitrogen and oxygen atoms in total. The number of fused-ring (bicyclic) bond motifs is 1. The number of allylic oxidation sites excluding steroid dienone is 3. The van der Waals surface area contributed by atoms with Gasteiger partial charge >= 0.3 is 0 Å². The number of benzene rings is 1. The molecule has 1 aromatic carbocycles. The molecule has 2 aliphatic rings. The van der Waals surface area contributed by atoms with Crippen molar-refractivity contribution in [1.82, 2.24) is 0 Å². The molecule has 0 saturated carbocycles. The fourth-order valence-electron chi connectivity index (χ4n) is 1.96. The Hall–Kier alpha value is -1.91. The third-order valence-corrected chi connectivity index (χ3v) is 3.49. The summed E-state index contributed by atoms with van der Waals surface area (Å²) in [6.07, 6.45) is 6.37. The first-order chi connectivity index (χ1) is 9.65. The van der Waals surface area contributed by atoms with Crippen LogP contribution in [-0.2, 0) is 4.79 Å². The van der Waals surface area contributed by atoms with Crippen molar-refractivity contribution in [1.29, 1.82) is 0 Å². The van der Waals surface area contributed by atoms with Crippen LogP contribution in [0.4, 0.5) is 5.69 Å². The SMILES string of the molecule is O=C(Nc1ccc(Cl)cc1Cl)C1=NN=C2CC=CC=C21. The lowest BCUT2D eigenvalue weighted by Crippen LogP contribution is -2.25. The summed E-state index contributed by atoms with van der Waals surface area (Å²) in [5.74, 6) is -0.338. The molecular weight excluding hydrogens is 297 g/mol. The standard InChI is InChI=1S/C14H9Cl2N3O/c15-8-5-6-12(10(16)7-8)17-14(20)13-9-3-1-2-4-11(9)18-19-13/h1-3,5-7H,4H2,(H,17,20). The van der Waals surface area contributed by atoms with Crippen molar-refractivity contribution in [3.63, 3.8) is 0 Å². The molecule has 1 aromatic rings. The lowest BCUT2D eigenvalue weighted by Gasteiger charge is -2.09. The van der Waals surface area contributed by atoms with Crippen molar-refractivity contribution in [3.8, 4) is 0 Å². The molecule has 20 heavy (non-hydrogen) atoms. The topological polar surface area (TPSA) is 53.8 Å². The van der Waals surface area contributed by atoms with Crippen LogP contribution in [0.15, 0.2) is 52.2 Å². The molecular formula is C14H9Cl2N3O. The Kier molecular flexibility index (Phi) is 3.42. The number of rotatable bonds is 2. The molecule has 0 spiro atoms. The Bertz CT molecular complexity index is 717. The second-order valence-electron chi connectivity index (χ2n) is 4.29. The van der Waals surface area contributed by atoms with E-state index in [1.165, 1.54) is 0 Å². The first kappa shape index (κ1) is 13.1. The van der Waals surface area contributed by atoms with Crippen molar-refractivity contribution >= 4 is 46.2 Å². The number of anilines is 1. The van der Waals surface area contributed by atoms with Crippen LogP contribution in [-0.4, -0.2) is 17.3 Å². The highest BCUT2D eigenvalue weighted by Gasteiger charge is 2.26. The predicted molar refractivity (Wildman–Crippen MR) is 81.8 cm³/mol. The van der Waals surface area contributed by atoms with Gasteiger partial charge in [0.25, 0.3) is 5.91 Å². The number of nitrogens with zero attached hydrogens (tertiary/aromatic N) is 2. The second-order valence-corrected chi connectivity index (χ2v) is 5.13. The highest BCUT2D eigenvalue weighted by atomic mass is 35.5. The molecule has 0 saturated heterocycles. The molecule has 3 rings (SSSR count). The van der Waals surface area contributed by atoms with E-state index in [4.69, 9.17) is 23.2 Å². The number of hydrogen-bond donors (Lipinski definition) is 1. The molecule has 0 fully saturated rings. The fraction of sp³-hybridized carbons (Fsp3) is 0.0714. The lowest BCUT2D eigenvalue weighted by molar-refractivity contribution is -0.110. The van der Waals surface area contributed by atoms with Gasteiger partial charge in [-0.3, -0.25) is 4.79 Å². The highest BCUT2D eigenvalue weighted by Crippen LogP contribution is 2.26. The van der Waals surface area contributed by atoms with Gasteiger partial charge in [-0.2, -0.15) is 5.10 Å². The summed E-state index contributed by atoms with van der Waals surface area (Å²) in [6, 6.07) is 4.87. The Morgan fingerprint density at radius 3 is 2.90 bits per heavy atom. The van der Waals surface area contributed by atoms with E-state index in [9.17, 15) is 4.79 Å². The van der Waals surface area contributed by atoms with Crippen LogP contribution in [0.5, 0.6) is 0 Å². The lowest BCUT2D eigenvalue weighted by atomic mass is 9.98. The van der Waals surface area contributed by atoms with Crippen LogP contribution in [0.2, 0.25) is 10.0 Å². The second kappa shape index (κ2) is 5.23. The van der Waals surface area contributed by atoms with E-state index in [0.29, 0.717) is 27.9 Å². The van der Waals surface area contributed by atoms with Crippen molar-refractivity contribution < 1.29 is 4.79 Å². The van der Waals surface area contributed by atoms with E-state index in [0.717, 1.165) is 11.3 Å². The average Bonchev–Trinajstić information content (AvgIpc) is 2.86. The molecule has 0 radical (unpaired) electrons. The minimum absolute atomic E-state index is 0.301. The number of halogens is 2. The molecule has 1 aliphatic carbocycles. The van der Waals surface area contributed by atoms with Gasteiger partial charge in [-0.05, 0) is 18.2 Å². The van der Waals surface area contributed by atoms with E-state index in [-0.39, 0.29) is 5.91 Å². The minimum Gasteiger partial charge on any atom is -0.319 e. The number of carbonyl (C=O) groups is 1. The van der Waals surface area contributed by atoms with Crippen LogP contribution >= 0.6 is 23.2 Å². The largest absolute Gasteiger partial charge is 0.319 e. The van der Waals surface area contributed by atoms with E-state index in [1.54, 1.807) is 18.2 Å². The van der Waals surface area contributed by atoms with Crippen molar-refractivity contribution in [2.24, 2.45) is 10.2 Å². The van der Waals surface area contributed by atoms with Crippen LogP contribution in [0.25, 0.3) is 0 Å². The van der Waals surface area contributed by atoms with Gasteiger partial charge in [0.1, 0.15) is 0 Å². The summed E-state index contributed by atoms with van der Waals surface area (Å²) in [4.78, 5) is 12.2. The molecule has 1 N–H and O–H groups in total. The molecule has 0 atom stereocenters. The minimum atomic E-state index is -0.338.